The Morgan fingerprint density at radius 1 is 0.731 bits per heavy atom. The first-order chi connectivity index (χ1) is 12.6. The largest absolute Gasteiger partial charge is 0.331 e. The van der Waals surface area contributed by atoms with Crippen LogP contribution in [0.2, 0.25) is 0 Å². The third-order valence-corrected chi connectivity index (χ3v) is 4.84. The summed E-state index contributed by atoms with van der Waals surface area (Å²) < 4.78 is 0. The number of nitrogens with zero attached hydrogens (tertiary/aromatic N) is 1. The van der Waals surface area contributed by atoms with Gasteiger partial charge in [0.25, 0.3) is 0 Å². The zero-order valence-electron chi connectivity index (χ0n) is 14.7. The van der Waals surface area contributed by atoms with E-state index in [2.05, 4.69) is 78.2 Å². The van der Waals surface area contributed by atoms with Crippen LogP contribution in [0.5, 0.6) is 0 Å². The lowest BCUT2D eigenvalue weighted by molar-refractivity contribution is 1.04. The van der Waals surface area contributed by atoms with Crippen molar-refractivity contribution in [3.8, 4) is 11.1 Å². The first-order valence-corrected chi connectivity index (χ1v) is 8.96. The summed E-state index contributed by atoms with van der Waals surface area (Å²) in [6.45, 7) is 4.13. The Balaban J connectivity index is 1.62. The normalized spacial score (nSPS) is 11.5. The Bertz CT molecular complexity index is 969. The molecule has 2 N–H and O–H groups in total. The number of nitrogens with one attached hydrogen (secondary N) is 2. The highest BCUT2D eigenvalue weighted by molar-refractivity contribution is 7.80. The molecular weight excluding hydrogens is 338 g/mol. The van der Waals surface area contributed by atoms with E-state index in [1.54, 1.807) is 0 Å². The molecule has 4 rings (SSSR count). The van der Waals surface area contributed by atoms with Gasteiger partial charge in [-0.05, 0) is 48.3 Å². The number of hydrogen-bond donors (Lipinski definition) is 2. The maximum atomic E-state index is 5.46. The van der Waals surface area contributed by atoms with Gasteiger partial charge in [0, 0.05) is 16.8 Å². The minimum atomic E-state index is 0.483. The van der Waals surface area contributed by atoms with Gasteiger partial charge in [-0.3, -0.25) is 5.43 Å². The molecule has 0 heterocycles. The lowest BCUT2D eigenvalue weighted by atomic mass is 10.1. The minimum Gasteiger partial charge on any atom is -0.331 e. The van der Waals surface area contributed by atoms with Crippen molar-refractivity contribution in [3.05, 3.63) is 89.0 Å². The third-order valence-electron chi connectivity index (χ3n) is 4.64. The SMILES string of the molecule is Cc1cccc(C)c1NC(=S)NN=C1c2ccccc2-c2ccccc21. The first-order valence-electron chi connectivity index (χ1n) is 8.55. The van der Waals surface area contributed by atoms with E-state index in [1.807, 2.05) is 18.2 Å². The number of hydrogen-bond acceptors (Lipinski definition) is 2. The lowest BCUT2D eigenvalue weighted by Gasteiger charge is -2.13. The fourth-order valence-corrected chi connectivity index (χ4v) is 3.52. The van der Waals surface area contributed by atoms with E-state index in [-0.39, 0.29) is 0 Å². The Labute approximate surface area is 158 Å². The zero-order chi connectivity index (χ0) is 18.1. The van der Waals surface area contributed by atoms with E-state index in [0.29, 0.717) is 5.11 Å². The molecule has 0 amide bonds. The molecule has 0 unspecified atom stereocenters. The van der Waals surface area contributed by atoms with Crippen molar-refractivity contribution in [2.24, 2.45) is 5.10 Å². The molecule has 26 heavy (non-hydrogen) atoms. The van der Waals surface area contributed by atoms with Crippen molar-refractivity contribution >= 4 is 28.7 Å². The molecule has 1 aliphatic carbocycles. The van der Waals surface area contributed by atoms with Gasteiger partial charge in [0.1, 0.15) is 0 Å². The number of fused-ring (bicyclic) bond motifs is 3. The standard InChI is InChI=1S/C22H19N3S/c1-14-8-7-9-15(2)20(14)23-22(26)25-24-21-18-12-5-3-10-16(18)17-11-4-6-13-19(17)21/h3-13H,1-2H3,(H2,23,25,26). The Morgan fingerprint density at radius 2 is 1.23 bits per heavy atom. The molecule has 0 spiro atoms. The van der Waals surface area contributed by atoms with Crippen molar-refractivity contribution in [2.45, 2.75) is 13.8 Å². The Morgan fingerprint density at radius 3 is 1.77 bits per heavy atom. The van der Waals surface area contributed by atoms with Crippen LogP contribution in [-0.4, -0.2) is 10.8 Å². The lowest BCUT2D eigenvalue weighted by Crippen LogP contribution is -2.26. The number of aryl methyl sites for hydroxylation is 2. The molecule has 0 atom stereocenters. The molecule has 4 heteroatoms. The molecule has 0 aromatic heterocycles. The van der Waals surface area contributed by atoms with E-state index < -0.39 is 0 Å². The van der Waals surface area contributed by atoms with Gasteiger partial charge in [0.15, 0.2) is 5.11 Å². The highest BCUT2D eigenvalue weighted by Crippen LogP contribution is 2.36. The molecule has 3 nitrogen and oxygen atoms in total. The summed E-state index contributed by atoms with van der Waals surface area (Å²) >= 11 is 5.46. The number of para-hydroxylation sites is 1. The molecule has 0 aliphatic heterocycles. The number of benzene rings is 3. The quantitative estimate of drug-likeness (QED) is 0.390. The number of thiocarbonyl (C=S) groups is 1. The number of anilines is 1. The maximum absolute atomic E-state index is 5.46. The van der Waals surface area contributed by atoms with Gasteiger partial charge >= 0.3 is 0 Å². The highest BCUT2D eigenvalue weighted by atomic mass is 32.1. The van der Waals surface area contributed by atoms with Crippen molar-refractivity contribution < 1.29 is 0 Å². The van der Waals surface area contributed by atoms with Crippen LogP contribution >= 0.6 is 12.2 Å². The van der Waals surface area contributed by atoms with Gasteiger partial charge in [-0.1, -0.05) is 66.7 Å². The van der Waals surface area contributed by atoms with E-state index >= 15 is 0 Å². The van der Waals surface area contributed by atoms with Crippen LogP contribution < -0.4 is 10.7 Å². The van der Waals surface area contributed by atoms with Crippen LogP contribution in [-0.2, 0) is 0 Å². The van der Waals surface area contributed by atoms with Gasteiger partial charge in [0.05, 0.1) is 5.71 Å². The summed E-state index contributed by atoms with van der Waals surface area (Å²) in [5.41, 5.74) is 11.9. The average Bonchev–Trinajstić information content (AvgIpc) is 2.97. The molecule has 1 aliphatic rings. The molecule has 0 radical (unpaired) electrons. The molecular formula is C22H19N3S. The maximum Gasteiger partial charge on any atom is 0.191 e. The fraction of sp³-hybridized carbons (Fsp3) is 0.0909. The molecule has 0 saturated carbocycles. The van der Waals surface area contributed by atoms with Crippen LogP contribution in [0.15, 0.2) is 71.8 Å². The predicted molar refractivity (Wildman–Crippen MR) is 113 cm³/mol. The summed E-state index contributed by atoms with van der Waals surface area (Å²) in [5, 5.41) is 8.37. The molecule has 3 aromatic carbocycles. The van der Waals surface area contributed by atoms with Crippen LogP contribution in [0.4, 0.5) is 5.69 Å². The summed E-state index contributed by atoms with van der Waals surface area (Å²) in [6.07, 6.45) is 0. The minimum absolute atomic E-state index is 0.483. The molecule has 3 aromatic rings. The second-order valence-electron chi connectivity index (χ2n) is 6.38. The van der Waals surface area contributed by atoms with Crippen LogP contribution in [0.25, 0.3) is 11.1 Å². The summed E-state index contributed by atoms with van der Waals surface area (Å²) in [5.74, 6) is 0. The topological polar surface area (TPSA) is 36.4 Å². The van der Waals surface area contributed by atoms with Gasteiger partial charge in [-0.2, -0.15) is 5.10 Å². The summed E-state index contributed by atoms with van der Waals surface area (Å²) in [7, 11) is 0. The Kier molecular flexibility index (Phi) is 4.27. The third kappa shape index (κ3) is 2.89. The van der Waals surface area contributed by atoms with E-state index in [9.17, 15) is 0 Å². The van der Waals surface area contributed by atoms with Crippen LogP contribution in [0, 0.1) is 13.8 Å². The van der Waals surface area contributed by atoms with Crippen LogP contribution in [0.1, 0.15) is 22.3 Å². The smallest absolute Gasteiger partial charge is 0.191 e. The van der Waals surface area contributed by atoms with Gasteiger partial charge in [-0.15, -0.1) is 0 Å². The monoisotopic (exact) mass is 357 g/mol. The highest BCUT2D eigenvalue weighted by Gasteiger charge is 2.24. The van der Waals surface area contributed by atoms with Gasteiger partial charge in [-0.25, -0.2) is 0 Å². The second-order valence-corrected chi connectivity index (χ2v) is 6.79. The Hall–Kier alpha value is -2.98. The molecule has 128 valence electrons. The zero-order valence-corrected chi connectivity index (χ0v) is 15.5. The van der Waals surface area contributed by atoms with Crippen molar-refractivity contribution in [2.75, 3.05) is 5.32 Å². The van der Waals surface area contributed by atoms with Crippen molar-refractivity contribution in [1.82, 2.24) is 5.43 Å². The molecule has 0 bridgehead atoms. The van der Waals surface area contributed by atoms with Gasteiger partial charge in [0.2, 0.25) is 0 Å². The van der Waals surface area contributed by atoms with E-state index in [0.717, 1.165) is 33.7 Å². The predicted octanol–water partition coefficient (Wildman–Crippen LogP) is 5.02. The van der Waals surface area contributed by atoms with Crippen LogP contribution in [0.3, 0.4) is 0 Å². The summed E-state index contributed by atoms with van der Waals surface area (Å²) in [4.78, 5) is 0. The van der Waals surface area contributed by atoms with E-state index in [4.69, 9.17) is 12.2 Å². The van der Waals surface area contributed by atoms with Crippen molar-refractivity contribution in [1.29, 1.82) is 0 Å². The summed E-state index contributed by atoms with van der Waals surface area (Å²) in [6, 6.07) is 22.8. The average molecular weight is 357 g/mol. The second kappa shape index (κ2) is 6.73. The van der Waals surface area contributed by atoms with Crippen molar-refractivity contribution in [3.63, 3.8) is 0 Å². The number of rotatable bonds is 2. The fourth-order valence-electron chi connectivity index (χ4n) is 3.37. The molecule has 0 fully saturated rings. The number of hydrazone groups is 1. The first kappa shape index (κ1) is 16.5. The molecule has 0 saturated heterocycles. The van der Waals surface area contributed by atoms with Gasteiger partial charge < -0.3 is 5.32 Å². The van der Waals surface area contributed by atoms with E-state index in [1.165, 1.54) is 11.1 Å².